The predicted octanol–water partition coefficient (Wildman–Crippen LogP) is 4.39. The molecule has 7 heteroatoms. The van der Waals surface area contributed by atoms with Gasteiger partial charge < -0.3 is 14.3 Å². The normalized spacial score (nSPS) is 11.2. The number of benzene rings is 1. The molecule has 0 fully saturated rings. The smallest absolute Gasteiger partial charge is 0.240 e. The van der Waals surface area contributed by atoms with Crippen molar-refractivity contribution in [3.63, 3.8) is 0 Å². The van der Waals surface area contributed by atoms with E-state index in [9.17, 15) is 9.59 Å². The van der Waals surface area contributed by atoms with Crippen LogP contribution in [0.5, 0.6) is 0 Å². The third kappa shape index (κ3) is 3.40. The van der Waals surface area contributed by atoms with Gasteiger partial charge in [0.1, 0.15) is 17.1 Å². The van der Waals surface area contributed by atoms with Crippen LogP contribution in [0.2, 0.25) is 0 Å². The first-order chi connectivity index (χ1) is 14.7. The topological polar surface area (TPSA) is 77.1 Å². The van der Waals surface area contributed by atoms with E-state index in [0.717, 1.165) is 21.1 Å². The number of aromatic nitrogens is 2. The molecule has 5 aromatic rings. The second-order valence-electron chi connectivity index (χ2n) is 6.88. The summed E-state index contributed by atoms with van der Waals surface area (Å²) in [5.74, 6) is 0.469. The van der Waals surface area contributed by atoms with Gasteiger partial charge in [0.15, 0.2) is 0 Å². The van der Waals surface area contributed by atoms with Crippen molar-refractivity contribution in [1.82, 2.24) is 14.9 Å². The van der Waals surface area contributed by atoms with Gasteiger partial charge >= 0.3 is 0 Å². The SMILES string of the molecule is O=C(Cn1cc(C(=O)c2cc3cccnc3s2)c2ccccc21)NCc1ccco1. The van der Waals surface area contributed by atoms with Gasteiger partial charge in [-0.2, -0.15) is 0 Å². The van der Waals surface area contributed by atoms with Gasteiger partial charge in [0.25, 0.3) is 0 Å². The first-order valence-electron chi connectivity index (χ1n) is 9.45. The molecule has 1 amide bonds. The fourth-order valence-corrected chi connectivity index (χ4v) is 4.44. The van der Waals surface area contributed by atoms with Gasteiger partial charge in [-0.25, -0.2) is 4.98 Å². The van der Waals surface area contributed by atoms with Crippen LogP contribution >= 0.6 is 11.3 Å². The average molecular weight is 415 g/mol. The van der Waals surface area contributed by atoms with Crippen LogP contribution in [0.15, 0.2) is 77.7 Å². The van der Waals surface area contributed by atoms with Gasteiger partial charge in [0.05, 0.1) is 17.7 Å². The minimum atomic E-state index is -0.155. The monoisotopic (exact) mass is 415 g/mol. The van der Waals surface area contributed by atoms with Gasteiger partial charge in [0, 0.05) is 34.2 Å². The molecule has 30 heavy (non-hydrogen) atoms. The van der Waals surface area contributed by atoms with E-state index in [1.165, 1.54) is 11.3 Å². The zero-order chi connectivity index (χ0) is 20.5. The van der Waals surface area contributed by atoms with E-state index < -0.39 is 0 Å². The number of para-hydroxylation sites is 1. The number of nitrogens with one attached hydrogen (secondary N) is 1. The maximum absolute atomic E-state index is 13.3. The van der Waals surface area contributed by atoms with Crippen LogP contribution < -0.4 is 5.32 Å². The Morgan fingerprint density at radius 3 is 2.83 bits per heavy atom. The number of pyridine rings is 1. The van der Waals surface area contributed by atoms with Crippen LogP contribution in [-0.2, 0) is 17.9 Å². The van der Waals surface area contributed by atoms with Crippen molar-refractivity contribution in [2.75, 3.05) is 0 Å². The molecule has 0 bridgehead atoms. The summed E-state index contributed by atoms with van der Waals surface area (Å²) in [5, 5.41) is 4.62. The summed E-state index contributed by atoms with van der Waals surface area (Å²) in [6.07, 6.45) is 5.06. The maximum atomic E-state index is 13.3. The number of hydrogen-bond donors (Lipinski definition) is 1. The van der Waals surface area contributed by atoms with Crippen LogP contribution in [0.1, 0.15) is 21.0 Å². The number of carbonyl (C=O) groups is 2. The Morgan fingerprint density at radius 2 is 2.00 bits per heavy atom. The molecule has 0 radical (unpaired) electrons. The molecule has 148 valence electrons. The Labute approximate surface area is 175 Å². The van der Waals surface area contributed by atoms with Crippen molar-refractivity contribution in [3.8, 4) is 0 Å². The molecule has 1 aromatic carbocycles. The zero-order valence-electron chi connectivity index (χ0n) is 15.9. The number of furan rings is 1. The highest BCUT2D eigenvalue weighted by Crippen LogP contribution is 2.29. The van der Waals surface area contributed by atoms with E-state index in [4.69, 9.17) is 4.42 Å². The lowest BCUT2D eigenvalue weighted by Crippen LogP contribution is -2.26. The summed E-state index contributed by atoms with van der Waals surface area (Å²) in [4.78, 5) is 31.5. The molecule has 4 heterocycles. The highest BCUT2D eigenvalue weighted by molar-refractivity contribution is 7.20. The lowest BCUT2D eigenvalue weighted by atomic mass is 10.1. The lowest BCUT2D eigenvalue weighted by molar-refractivity contribution is -0.121. The summed E-state index contributed by atoms with van der Waals surface area (Å²) >= 11 is 1.38. The number of hydrogen-bond acceptors (Lipinski definition) is 5. The lowest BCUT2D eigenvalue weighted by Gasteiger charge is -2.06. The van der Waals surface area contributed by atoms with Crippen LogP contribution in [0.3, 0.4) is 0 Å². The number of ketones is 1. The Morgan fingerprint density at radius 1 is 1.10 bits per heavy atom. The quantitative estimate of drug-likeness (QED) is 0.417. The van der Waals surface area contributed by atoms with Gasteiger partial charge in [-0.1, -0.05) is 24.3 Å². The van der Waals surface area contributed by atoms with Crippen LogP contribution in [0.25, 0.3) is 21.1 Å². The molecule has 5 rings (SSSR count). The number of carbonyl (C=O) groups excluding carboxylic acids is 2. The van der Waals surface area contributed by atoms with E-state index in [2.05, 4.69) is 10.3 Å². The predicted molar refractivity (Wildman–Crippen MR) is 116 cm³/mol. The highest BCUT2D eigenvalue weighted by Gasteiger charge is 2.19. The first kappa shape index (κ1) is 18.3. The second-order valence-corrected chi connectivity index (χ2v) is 7.91. The number of nitrogens with zero attached hydrogens (tertiary/aromatic N) is 2. The average Bonchev–Trinajstić information content (AvgIpc) is 3.50. The van der Waals surface area contributed by atoms with Crippen molar-refractivity contribution < 1.29 is 14.0 Å². The van der Waals surface area contributed by atoms with Crippen molar-refractivity contribution in [2.45, 2.75) is 13.1 Å². The first-order valence-corrected chi connectivity index (χ1v) is 10.3. The minimum Gasteiger partial charge on any atom is -0.467 e. The van der Waals surface area contributed by atoms with Crippen molar-refractivity contribution in [2.24, 2.45) is 0 Å². The zero-order valence-corrected chi connectivity index (χ0v) is 16.7. The molecule has 6 nitrogen and oxygen atoms in total. The molecule has 0 aliphatic carbocycles. The molecule has 4 aromatic heterocycles. The Bertz CT molecular complexity index is 1330. The molecule has 0 aliphatic rings. The molecule has 0 unspecified atom stereocenters. The van der Waals surface area contributed by atoms with Crippen molar-refractivity contribution in [3.05, 3.63) is 89.5 Å². The molecular formula is C23H17N3O3S. The fourth-order valence-electron chi connectivity index (χ4n) is 3.49. The third-order valence-electron chi connectivity index (χ3n) is 4.90. The molecule has 1 N–H and O–H groups in total. The van der Waals surface area contributed by atoms with Crippen LogP contribution in [-0.4, -0.2) is 21.2 Å². The summed E-state index contributed by atoms with van der Waals surface area (Å²) in [6.45, 7) is 0.439. The van der Waals surface area contributed by atoms with E-state index in [0.29, 0.717) is 22.7 Å². The van der Waals surface area contributed by atoms with Crippen molar-refractivity contribution in [1.29, 1.82) is 0 Å². The van der Waals surface area contributed by atoms with Crippen LogP contribution in [0, 0.1) is 0 Å². The molecule has 0 saturated carbocycles. The fraction of sp³-hybridized carbons (Fsp3) is 0.0870. The highest BCUT2D eigenvalue weighted by atomic mass is 32.1. The van der Waals surface area contributed by atoms with E-state index in [1.54, 1.807) is 24.7 Å². The van der Waals surface area contributed by atoms with Gasteiger partial charge in [-0.05, 0) is 30.3 Å². The van der Waals surface area contributed by atoms with E-state index >= 15 is 0 Å². The Balaban J connectivity index is 1.44. The van der Waals surface area contributed by atoms with Crippen molar-refractivity contribution >= 4 is 44.1 Å². The summed E-state index contributed by atoms with van der Waals surface area (Å²) in [6, 6.07) is 16.9. The molecule has 0 spiro atoms. The number of amides is 1. The summed E-state index contributed by atoms with van der Waals surface area (Å²) < 4.78 is 7.05. The molecule has 0 saturated heterocycles. The van der Waals surface area contributed by atoms with Gasteiger partial charge in [0.2, 0.25) is 11.7 Å². The second kappa shape index (κ2) is 7.61. The summed E-state index contributed by atoms with van der Waals surface area (Å²) in [5.41, 5.74) is 1.42. The standard InChI is InChI=1S/C23H17N3O3S/c27-21(25-12-16-6-4-10-29-16)14-26-13-18(17-7-1-2-8-19(17)26)22(28)20-11-15-5-3-9-24-23(15)30-20/h1-11,13H,12,14H2,(H,25,27). The van der Waals surface area contributed by atoms with Crippen LogP contribution in [0.4, 0.5) is 0 Å². The largest absolute Gasteiger partial charge is 0.467 e. The molecule has 0 atom stereocenters. The Hall–Kier alpha value is -3.71. The molecular weight excluding hydrogens is 398 g/mol. The number of fused-ring (bicyclic) bond motifs is 2. The summed E-state index contributed by atoms with van der Waals surface area (Å²) in [7, 11) is 0. The van der Waals surface area contributed by atoms with E-state index in [-0.39, 0.29) is 18.2 Å². The number of rotatable bonds is 6. The van der Waals surface area contributed by atoms with E-state index in [1.807, 2.05) is 53.1 Å². The number of thiophene rings is 1. The van der Waals surface area contributed by atoms with Gasteiger partial charge in [-0.3, -0.25) is 9.59 Å². The third-order valence-corrected chi connectivity index (χ3v) is 5.96. The minimum absolute atomic E-state index is 0.0658. The molecule has 0 aliphatic heterocycles. The Kier molecular flexibility index (Phi) is 4.65. The van der Waals surface area contributed by atoms with Gasteiger partial charge in [-0.15, -0.1) is 11.3 Å². The maximum Gasteiger partial charge on any atom is 0.240 e.